The minimum absolute atomic E-state index is 0.223. The monoisotopic (exact) mass is 406 g/mol. The van der Waals surface area contributed by atoms with Crippen LogP contribution < -0.4 is 0 Å². The van der Waals surface area contributed by atoms with Crippen molar-refractivity contribution < 1.29 is 42.5 Å². The van der Waals surface area contributed by atoms with Crippen LogP contribution in [0.25, 0.3) is 0 Å². The predicted molar refractivity (Wildman–Crippen MR) is 97.0 cm³/mol. The van der Waals surface area contributed by atoms with Gasteiger partial charge in [0.25, 0.3) is 0 Å². The van der Waals surface area contributed by atoms with E-state index in [0.717, 1.165) is 25.4 Å². The zero-order valence-corrected chi connectivity index (χ0v) is 16.0. The van der Waals surface area contributed by atoms with Gasteiger partial charge in [0.15, 0.2) is 0 Å². The number of ether oxygens (including phenoxy) is 4. The number of furan rings is 1. The molecule has 4 unspecified atom stereocenters. The maximum Gasteiger partial charge on any atom is 0.338 e. The van der Waals surface area contributed by atoms with E-state index in [1.54, 1.807) is 12.5 Å². The van der Waals surface area contributed by atoms with Crippen molar-refractivity contribution in [3.8, 4) is 0 Å². The van der Waals surface area contributed by atoms with Crippen molar-refractivity contribution in [2.45, 2.75) is 26.1 Å². The van der Waals surface area contributed by atoms with E-state index in [1.165, 1.54) is 0 Å². The lowest BCUT2D eigenvalue weighted by atomic mass is 9.85. The van der Waals surface area contributed by atoms with Crippen molar-refractivity contribution in [2.24, 2.45) is 11.8 Å². The lowest BCUT2D eigenvalue weighted by molar-refractivity contribution is -0.156. The second-order valence-electron chi connectivity index (χ2n) is 5.89. The van der Waals surface area contributed by atoms with Crippen LogP contribution in [0.5, 0.6) is 0 Å². The second-order valence-corrected chi connectivity index (χ2v) is 5.89. The SMILES string of the molecule is CCOCC.O=C1C=CC(=O)O1.O=C1OC(=O)C2C3C=CC(O3)C12.c1ccoc1. The van der Waals surface area contributed by atoms with Crippen LogP contribution in [0.15, 0.2) is 53.4 Å². The van der Waals surface area contributed by atoms with E-state index in [4.69, 9.17) is 9.47 Å². The largest absolute Gasteiger partial charge is 0.473 e. The number of hydrogen-bond donors (Lipinski definition) is 0. The molecular weight excluding hydrogens is 384 g/mol. The molecule has 0 spiro atoms. The fourth-order valence-electron chi connectivity index (χ4n) is 2.84. The maximum absolute atomic E-state index is 11.1. The Morgan fingerprint density at radius 1 is 0.793 bits per heavy atom. The van der Waals surface area contributed by atoms with Crippen LogP contribution >= 0.6 is 0 Å². The number of esters is 4. The van der Waals surface area contributed by atoms with E-state index >= 15 is 0 Å². The average Bonchev–Trinajstić information content (AvgIpc) is 3.49. The summed E-state index contributed by atoms with van der Waals surface area (Å²) in [5.41, 5.74) is 0. The highest BCUT2D eigenvalue weighted by Gasteiger charge is 2.59. The molecule has 29 heavy (non-hydrogen) atoms. The summed E-state index contributed by atoms with van der Waals surface area (Å²) in [7, 11) is 0. The molecule has 0 aliphatic carbocycles. The van der Waals surface area contributed by atoms with Crippen molar-refractivity contribution in [3.63, 3.8) is 0 Å². The van der Waals surface area contributed by atoms with Gasteiger partial charge in [0.2, 0.25) is 0 Å². The fourth-order valence-corrected chi connectivity index (χ4v) is 2.84. The third-order valence-corrected chi connectivity index (χ3v) is 4.04. The molecule has 4 aliphatic heterocycles. The van der Waals surface area contributed by atoms with Crippen LogP contribution in [0.1, 0.15) is 13.8 Å². The molecule has 0 radical (unpaired) electrons. The lowest BCUT2D eigenvalue weighted by Gasteiger charge is -2.08. The topological polar surface area (TPSA) is 118 Å². The highest BCUT2D eigenvalue weighted by atomic mass is 16.6. The van der Waals surface area contributed by atoms with Gasteiger partial charge in [0.1, 0.15) is 11.8 Å². The summed E-state index contributed by atoms with van der Waals surface area (Å²) < 4.78 is 23.2. The zero-order chi connectivity index (χ0) is 21.2. The van der Waals surface area contributed by atoms with Gasteiger partial charge in [-0.1, -0.05) is 12.2 Å². The smallest absolute Gasteiger partial charge is 0.338 e. The third kappa shape index (κ3) is 6.23. The Morgan fingerprint density at radius 2 is 1.28 bits per heavy atom. The van der Waals surface area contributed by atoms with Crippen molar-refractivity contribution in [3.05, 3.63) is 49.0 Å². The minimum Gasteiger partial charge on any atom is -0.473 e. The average molecular weight is 406 g/mol. The molecule has 4 atom stereocenters. The summed E-state index contributed by atoms with van der Waals surface area (Å²) in [4.78, 5) is 42.0. The van der Waals surface area contributed by atoms with Crippen LogP contribution in [-0.2, 0) is 38.1 Å². The summed E-state index contributed by atoms with van der Waals surface area (Å²) in [6.07, 6.45) is 8.63. The van der Waals surface area contributed by atoms with Gasteiger partial charge in [-0.3, -0.25) is 9.59 Å². The molecule has 2 bridgehead atoms. The Morgan fingerprint density at radius 3 is 1.55 bits per heavy atom. The van der Waals surface area contributed by atoms with Crippen molar-refractivity contribution in [2.75, 3.05) is 13.2 Å². The first-order valence-corrected chi connectivity index (χ1v) is 9.06. The Kier molecular flexibility index (Phi) is 8.50. The molecule has 156 valence electrons. The molecule has 5 heterocycles. The third-order valence-electron chi connectivity index (χ3n) is 4.04. The van der Waals surface area contributed by atoms with Crippen molar-refractivity contribution >= 4 is 23.9 Å². The number of hydrogen-bond acceptors (Lipinski definition) is 9. The normalized spacial score (nSPS) is 27.1. The van der Waals surface area contributed by atoms with Crippen LogP contribution in [0.2, 0.25) is 0 Å². The maximum atomic E-state index is 11.1. The number of carbonyl (C=O) groups is 4. The predicted octanol–water partition coefficient (Wildman–Crippen LogP) is 1.59. The van der Waals surface area contributed by atoms with E-state index in [2.05, 4.69) is 13.9 Å². The molecule has 1 aromatic heterocycles. The Labute approximate surface area is 167 Å². The standard InChI is InChI=1S/C8H6O4.C4H2O3.C4H4O.C4H10O/c9-7-5-3-1-2-4(11-3)6(5)8(10)12-7;5-3-1-2-4(6)7-3;1-2-4-5-3-1;1-3-5-4-2/h1-6H;1-2H;1-4H;3-4H2,1-2H3. The fraction of sp³-hybridized carbons (Fsp3) is 0.400. The van der Waals surface area contributed by atoms with Gasteiger partial charge >= 0.3 is 23.9 Å². The number of cyclic esters (lactones) is 4. The summed E-state index contributed by atoms with van der Waals surface area (Å²) in [6.45, 7) is 5.67. The molecule has 2 saturated heterocycles. The van der Waals surface area contributed by atoms with E-state index in [1.807, 2.05) is 38.1 Å². The molecule has 5 rings (SSSR count). The second kappa shape index (κ2) is 11.1. The summed E-state index contributed by atoms with van der Waals surface area (Å²) in [5, 5.41) is 0. The lowest BCUT2D eigenvalue weighted by Crippen LogP contribution is -2.26. The number of rotatable bonds is 2. The van der Waals surface area contributed by atoms with Gasteiger partial charge in [-0.25, -0.2) is 9.59 Å². The minimum atomic E-state index is -0.579. The molecule has 0 N–H and O–H groups in total. The Hall–Kier alpha value is -3.04. The first-order valence-electron chi connectivity index (χ1n) is 9.06. The van der Waals surface area contributed by atoms with E-state index in [0.29, 0.717) is 0 Å². The van der Waals surface area contributed by atoms with Gasteiger partial charge < -0.3 is 23.4 Å². The molecule has 9 heteroatoms. The van der Waals surface area contributed by atoms with Crippen molar-refractivity contribution in [1.82, 2.24) is 0 Å². The summed E-state index contributed by atoms with van der Waals surface area (Å²) in [6, 6.07) is 3.67. The summed E-state index contributed by atoms with van der Waals surface area (Å²) in [5.74, 6) is -2.75. The molecule has 0 aromatic carbocycles. The quantitative estimate of drug-likeness (QED) is 0.410. The van der Waals surface area contributed by atoms with Gasteiger partial charge in [-0.2, -0.15) is 0 Å². The van der Waals surface area contributed by atoms with Crippen LogP contribution in [0.3, 0.4) is 0 Å². The molecule has 1 aromatic rings. The van der Waals surface area contributed by atoms with Gasteiger partial charge in [-0.05, 0) is 26.0 Å². The molecular formula is C20H22O9. The zero-order valence-electron chi connectivity index (χ0n) is 16.0. The highest BCUT2D eigenvalue weighted by molar-refractivity contribution is 6.04. The Bertz CT molecular complexity index is 700. The van der Waals surface area contributed by atoms with Crippen LogP contribution in [0.4, 0.5) is 0 Å². The number of fused-ring (bicyclic) bond motifs is 5. The number of carbonyl (C=O) groups excluding carboxylic acids is 4. The Balaban J connectivity index is 0.000000152. The van der Waals surface area contributed by atoms with Crippen LogP contribution in [-0.4, -0.2) is 49.3 Å². The highest BCUT2D eigenvalue weighted by Crippen LogP contribution is 2.43. The first-order chi connectivity index (χ1) is 14.0. The molecule has 4 aliphatic rings. The van der Waals surface area contributed by atoms with E-state index in [9.17, 15) is 19.2 Å². The van der Waals surface area contributed by atoms with E-state index < -0.39 is 23.9 Å². The van der Waals surface area contributed by atoms with Gasteiger partial charge in [-0.15, -0.1) is 0 Å². The van der Waals surface area contributed by atoms with Crippen LogP contribution in [0, 0.1) is 11.8 Å². The molecule has 9 nitrogen and oxygen atoms in total. The van der Waals surface area contributed by atoms with E-state index in [-0.39, 0.29) is 24.0 Å². The van der Waals surface area contributed by atoms with Crippen molar-refractivity contribution in [1.29, 1.82) is 0 Å². The molecule has 0 amide bonds. The molecule has 0 saturated carbocycles. The van der Waals surface area contributed by atoms with Gasteiger partial charge in [0, 0.05) is 25.4 Å². The first kappa shape index (κ1) is 22.3. The molecule has 2 fully saturated rings. The van der Waals surface area contributed by atoms with Gasteiger partial charge in [0.05, 0.1) is 24.7 Å². The summed E-state index contributed by atoms with van der Waals surface area (Å²) >= 11 is 0.